The molecule has 24 heteroatoms. The van der Waals surface area contributed by atoms with Crippen LogP contribution in [0.15, 0.2) is 159 Å². The summed E-state index contributed by atoms with van der Waals surface area (Å²) in [5.74, 6) is -3.32. The minimum atomic E-state index is -1.02. The number of hydrogen-bond donors (Lipinski definition) is 5. The molecule has 5 N–H and O–H groups in total. The summed E-state index contributed by atoms with van der Waals surface area (Å²) in [6.07, 6.45) is 10.5. The lowest BCUT2D eigenvalue weighted by Gasteiger charge is -2.26. The number of Topliss-reactive ketones (excluding diaryl/α,β-unsaturated/α-hetero) is 2. The Labute approximate surface area is 520 Å². The van der Waals surface area contributed by atoms with E-state index in [4.69, 9.17) is 28.3 Å². The van der Waals surface area contributed by atoms with Gasteiger partial charge in [0.25, 0.3) is 0 Å². The van der Waals surface area contributed by atoms with E-state index in [9.17, 15) is 33.2 Å². The van der Waals surface area contributed by atoms with Crippen molar-refractivity contribution in [2.45, 2.75) is 73.5 Å². The molecule has 0 atom stereocenters. The number of amides is 3. The molecule has 3 amide bonds. The number of rotatable bonds is 20. The van der Waals surface area contributed by atoms with Gasteiger partial charge in [0.05, 0.1) is 58.6 Å². The Kier molecular flexibility index (Phi) is 21.7. The SMILES string of the molecule is CC(=O)c1nn(CC(=O)N(CC(=O)Nc2cccc(-c3ccccc3Cl)c2F)C(C)C)c2ccc(Nc3cncnc3)cc12.CC(=O)c1nn(CC(=O)O)c2ccc(Nc3cncnc3)cc12.CC(C)CCC(=O)Nc1cccc(-c2ccccc2Cl)c1F. The highest BCUT2D eigenvalue weighted by molar-refractivity contribution is 6.33. The number of aliphatic carboxylic acids is 1. The Morgan fingerprint density at radius 1 is 0.551 bits per heavy atom. The molecule has 456 valence electrons. The molecule has 0 fully saturated rings. The van der Waals surface area contributed by atoms with Crippen molar-refractivity contribution in [3.8, 4) is 22.3 Å². The Morgan fingerprint density at radius 2 is 0.978 bits per heavy atom. The van der Waals surface area contributed by atoms with E-state index in [-0.39, 0.29) is 71.5 Å². The second-order valence-corrected chi connectivity index (χ2v) is 21.7. The molecule has 0 bridgehead atoms. The van der Waals surface area contributed by atoms with Crippen LogP contribution in [-0.2, 0) is 32.3 Å². The van der Waals surface area contributed by atoms with Crippen molar-refractivity contribution in [2.24, 2.45) is 5.92 Å². The largest absolute Gasteiger partial charge is 0.480 e. The molecule has 0 radical (unpaired) electrons. The molecule has 0 saturated carbocycles. The molecule has 0 aliphatic carbocycles. The summed E-state index contributed by atoms with van der Waals surface area (Å²) in [6, 6.07) is 33.7. The summed E-state index contributed by atoms with van der Waals surface area (Å²) in [7, 11) is 0. The number of carboxylic acids is 1. The number of aromatic nitrogens is 8. The van der Waals surface area contributed by atoms with Gasteiger partial charge in [-0.2, -0.15) is 10.2 Å². The summed E-state index contributed by atoms with van der Waals surface area (Å²) < 4.78 is 32.8. The van der Waals surface area contributed by atoms with Gasteiger partial charge in [0.1, 0.15) is 43.7 Å². The number of nitrogens with zero attached hydrogens (tertiary/aromatic N) is 9. The van der Waals surface area contributed by atoms with Crippen LogP contribution in [0.5, 0.6) is 0 Å². The standard InChI is InChI=1S/C32H29ClFN7O3.C18H19ClFNO.C15H13N5O3/c1-19(2)40(16-29(43)38-27-10-6-8-24(31(27)34)23-7-4-5-9-26(23)33)30(44)17-41-28-12-11-21(37-22-14-35-18-36-15-22)13-25(28)32(39-41)20(3)42;1-12(2)10-11-17(22)21-16-9-5-7-14(18(16)20)13-6-3-4-8-15(13)19;1-9(21)15-12-4-10(18-11-5-16-8-17-6-11)2-3-13(12)20(19-15)7-14(22)23/h4-15,18-19,37H,16-17H2,1-3H3,(H,38,43);3-9,12H,10-11H2,1-2H3,(H,21,22);2-6,8,18H,7H2,1H3,(H,22,23). The van der Waals surface area contributed by atoms with Crippen LogP contribution < -0.4 is 21.3 Å². The number of hydrogen-bond acceptors (Lipinski definition) is 14. The van der Waals surface area contributed by atoms with Gasteiger partial charge in [-0.05, 0) is 86.8 Å². The van der Waals surface area contributed by atoms with Crippen LogP contribution in [0.3, 0.4) is 0 Å². The van der Waals surface area contributed by atoms with Crippen LogP contribution in [0.25, 0.3) is 44.1 Å². The van der Waals surface area contributed by atoms with Crippen LogP contribution in [0.2, 0.25) is 10.0 Å². The zero-order chi connectivity index (χ0) is 63.9. The summed E-state index contributed by atoms with van der Waals surface area (Å²) in [4.78, 5) is 90.8. The van der Waals surface area contributed by atoms with Gasteiger partial charge in [0.15, 0.2) is 23.2 Å². The zero-order valence-electron chi connectivity index (χ0n) is 49.1. The maximum Gasteiger partial charge on any atom is 0.325 e. The predicted octanol–water partition coefficient (Wildman–Crippen LogP) is 13.5. The Balaban J connectivity index is 0.000000191. The van der Waals surface area contributed by atoms with Gasteiger partial charge < -0.3 is 31.3 Å². The van der Waals surface area contributed by atoms with Crippen molar-refractivity contribution in [1.82, 2.24) is 44.4 Å². The Morgan fingerprint density at radius 3 is 1.39 bits per heavy atom. The first-order valence-corrected chi connectivity index (χ1v) is 28.7. The predicted molar refractivity (Wildman–Crippen MR) is 340 cm³/mol. The van der Waals surface area contributed by atoms with Crippen molar-refractivity contribution in [3.05, 3.63) is 192 Å². The van der Waals surface area contributed by atoms with Crippen molar-refractivity contribution in [3.63, 3.8) is 0 Å². The maximum atomic E-state index is 15.4. The first-order chi connectivity index (χ1) is 42.6. The van der Waals surface area contributed by atoms with E-state index >= 15 is 4.39 Å². The lowest BCUT2D eigenvalue weighted by Crippen LogP contribution is -2.44. The normalized spacial score (nSPS) is 10.9. The summed E-state index contributed by atoms with van der Waals surface area (Å²) in [5, 5.41) is 31.0. The molecule has 89 heavy (non-hydrogen) atoms. The fourth-order valence-electron chi connectivity index (χ4n) is 9.25. The third-order valence-corrected chi connectivity index (χ3v) is 14.2. The Bertz CT molecular complexity index is 4220. The topological polar surface area (TPSA) is 261 Å². The number of ketones is 2. The van der Waals surface area contributed by atoms with Crippen molar-refractivity contribution in [1.29, 1.82) is 0 Å². The van der Waals surface area contributed by atoms with Crippen LogP contribution in [0.4, 0.5) is 42.9 Å². The zero-order valence-corrected chi connectivity index (χ0v) is 50.6. The van der Waals surface area contributed by atoms with Crippen LogP contribution in [0, 0.1) is 17.6 Å². The number of fused-ring (bicyclic) bond motifs is 2. The highest BCUT2D eigenvalue weighted by Crippen LogP contribution is 2.35. The maximum absolute atomic E-state index is 15.4. The fraction of sp³-hybridized carbons (Fsp3) is 0.200. The van der Waals surface area contributed by atoms with E-state index in [1.54, 1.807) is 154 Å². The van der Waals surface area contributed by atoms with Crippen molar-refractivity contribution >= 4 is 114 Å². The quantitative estimate of drug-likeness (QED) is 0.0444. The molecule has 6 aromatic carbocycles. The second-order valence-electron chi connectivity index (χ2n) is 20.9. The Hall–Kier alpha value is -10.3. The number of halogens is 4. The number of carbonyl (C=O) groups excluding carboxylic acids is 5. The average Bonchev–Trinajstić information content (AvgIpc) is 1.82. The first-order valence-electron chi connectivity index (χ1n) is 27.9. The van der Waals surface area contributed by atoms with Crippen molar-refractivity contribution < 1.29 is 42.7 Å². The summed E-state index contributed by atoms with van der Waals surface area (Å²) in [6.45, 7) is 9.61. The van der Waals surface area contributed by atoms with E-state index in [1.165, 1.54) is 46.8 Å². The molecule has 0 unspecified atom stereocenters. The number of carboxylic acid groups (broad SMARTS) is 1. The van der Waals surface area contributed by atoms with Crippen LogP contribution >= 0.6 is 23.2 Å². The van der Waals surface area contributed by atoms with Crippen LogP contribution in [-0.4, -0.2) is 97.3 Å². The fourth-order valence-corrected chi connectivity index (χ4v) is 9.73. The van der Waals surface area contributed by atoms with Gasteiger partial charge >= 0.3 is 5.97 Å². The highest BCUT2D eigenvalue weighted by atomic mass is 35.5. The van der Waals surface area contributed by atoms with Gasteiger partial charge in [0, 0.05) is 80.8 Å². The van der Waals surface area contributed by atoms with E-state index in [0.717, 1.165) is 12.1 Å². The smallest absolute Gasteiger partial charge is 0.325 e. The third-order valence-electron chi connectivity index (χ3n) is 13.5. The van der Waals surface area contributed by atoms with Crippen LogP contribution in [0.1, 0.15) is 75.4 Å². The van der Waals surface area contributed by atoms with E-state index in [0.29, 0.717) is 77.9 Å². The number of benzene rings is 6. The molecule has 20 nitrogen and oxygen atoms in total. The monoisotopic (exact) mass is 1240 g/mol. The molecule has 0 spiro atoms. The van der Waals surface area contributed by atoms with Gasteiger partial charge in [0.2, 0.25) is 17.7 Å². The van der Waals surface area contributed by atoms with Crippen molar-refractivity contribution in [2.75, 3.05) is 27.8 Å². The third kappa shape index (κ3) is 16.8. The number of nitrogens with one attached hydrogen (secondary N) is 4. The lowest BCUT2D eigenvalue weighted by molar-refractivity contribution is -0.138. The molecule has 10 aromatic rings. The molecule has 10 rings (SSSR count). The molecule has 0 saturated heterocycles. The number of anilines is 6. The van der Waals surface area contributed by atoms with E-state index in [2.05, 4.69) is 51.4 Å². The molecule has 4 heterocycles. The van der Waals surface area contributed by atoms with Gasteiger partial charge in [-0.3, -0.25) is 38.1 Å². The molecule has 0 aliphatic heterocycles. The summed E-state index contributed by atoms with van der Waals surface area (Å²) in [5.41, 5.74) is 6.29. The molecule has 4 aromatic heterocycles. The first kappa shape index (κ1) is 64.7. The second kappa shape index (κ2) is 29.9. The molecular weight excluding hydrogens is 1180 g/mol. The van der Waals surface area contributed by atoms with E-state index < -0.39 is 29.4 Å². The number of carbonyl (C=O) groups is 6. The molecule has 0 aliphatic rings. The lowest BCUT2D eigenvalue weighted by atomic mass is 10.0. The minimum absolute atomic E-state index is 0.0285. The van der Waals surface area contributed by atoms with Gasteiger partial charge in [-0.1, -0.05) is 97.7 Å². The average molecular weight is 1250 g/mol. The minimum Gasteiger partial charge on any atom is -0.480 e. The van der Waals surface area contributed by atoms with Gasteiger partial charge in [-0.25, -0.2) is 28.7 Å². The highest BCUT2D eigenvalue weighted by Gasteiger charge is 2.25. The van der Waals surface area contributed by atoms with Gasteiger partial charge in [-0.15, -0.1) is 0 Å². The van der Waals surface area contributed by atoms with E-state index in [1.807, 2.05) is 13.8 Å². The molecular formula is C65H61Cl2F2N13O7. The summed E-state index contributed by atoms with van der Waals surface area (Å²) >= 11 is 12.4.